The van der Waals surface area contributed by atoms with Crippen LogP contribution >= 0.6 is 43.5 Å². The van der Waals surface area contributed by atoms with E-state index >= 15 is 0 Å². The highest BCUT2D eigenvalue weighted by Gasteiger charge is 2.15. The first kappa shape index (κ1) is 15.0. The van der Waals surface area contributed by atoms with Gasteiger partial charge in [0, 0.05) is 8.95 Å². The number of halogens is 4. The van der Waals surface area contributed by atoms with E-state index in [1.165, 1.54) is 12.1 Å². The summed E-state index contributed by atoms with van der Waals surface area (Å²) in [5.41, 5.74) is 8.86. The van der Waals surface area contributed by atoms with Crippen molar-refractivity contribution >= 4 is 43.5 Å². The highest BCUT2D eigenvalue weighted by molar-refractivity contribution is 9.11. The van der Waals surface area contributed by atoms with Crippen LogP contribution in [0.3, 0.4) is 0 Å². The Morgan fingerprint density at radius 2 is 1.84 bits per heavy atom. The van der Waals surface area contributed by atoms with Gasteiger partial charge in [0.25, 0.3) is 0 Å². The Balaban J connectivity index is 2.46. The van der Waals surface area contributed by atoms with E-state index in [4.69, 9.17) is 17.3 Å². The molecule has 0 fully saturated rings. The zero-order valence-electron chi connectivity index (χ0n) is 10.1. The smallest absolute Gasteiger partial charge is 0.142 e. The first-order chi connectivity index (χ1) is 8.90. The maximum Gasteiger partial charge on any atom is 0.142 e. The Hall–Kier alpha value is -0.420. The van der Waals surface area contributed by atoms with Crippen molar-refractivity contribution in [1.82, 2.24) is 0 Å². The fourth-order valence-electron chi connectivity index (χ4n) is 1.79. The van der Waals surface area contributed by atoms with Crippen LogP contribution in [0.15, 0.2) is 39.3 Å². The zero-order valence-corrected chi connectivity index (χ0v) is 14.0. The van der Waals surface area contributed by atoms with E-state index in [-0.39, 0.29) is 5.02 Å². The molecular weight excluding hydrogens is 396 g/mol. The van der Waals surface area contributed by atoms with Gasteiger partial charge in [-0.3, -0.25) is 0 Å². The lowest BCUT2D eigenvalue weighted by Gasteiger charge is -2.16. The largest absolute Gasteiger partial charge is 0.320 e. The van der Waals surface area contributed by atoms with Crippen molar-refractivity contribution in [2.75, 3.05) is 0 Å². The van der Waals surface area contributed by atoms with Gasteiger partial charge in [0.15, 0.2) is 0 Å². The van der Waals surface area contributed by atoms with E-state index in [0.717, 1.165) is 20.1 Å². The van der Waals surface area contributed by atoms with Crippen LogP contribution in [-0.4, -0.2) is 0 Å². The molecule has 0 bridgehead atoms. The molecule has 1 atom stereocenters. The summed E-state index contributed by atoms with van der Waals surface area (Å²) in [6.45, 7) is 1.99. The maximum absolute atomic E-state index is 13.5. The van der Waals surface area contributed by atoms with E-state index in [9.17, 15) is 4.39 Å². The van der Waals surface area contributed by atoms with Crippen LogP contribution in [0.5, 0.6) is 0 Å². The molecule has 100 valence electrons. The predicted molar refractivity (Wildman–Crippen MR) is 84.0 cm³/mol. The molecule has 1 nitrogen and oxygen atoms in total. The Morgan fingerprint density at radius 1 is 1.16 bits per heavy atom. The molecule has 0 aliphatic heterocycles. The Bertz CT molecular complexity index is 631. The first-order valence-electron chi connectivity index (χ1n) is 5.56. The van der Waals surface area contributed by atoms with Crippen molar-refractivity contribution in [3.8, 4) is 0 Å². The molecule has 0 saturated carbocycles. The SMILES string of the molecule is Cc1cc(Br)c(C(N)c2ccc(Cl)c(F)c2)cc1Br. The topological polar surface area (TPSA) is 26.0 Å². The van der Waals surface area contributed by atoms with Crippen molar-refractivity contribution in [2.24, 2.45) is 5.73 Å². The fourth-order valence-corrected chi connectivity index (χ4v) is 2.97. The summed E-state index contributed by atoms with van der Waals surface area (Å²) in [6, 6.07) is 8.12. The van der Waals surface area contributed by atoms with Gasteiger partial charge in [0.05, 0.1) is 11.1 Å². The predicted octanol–water partition coefficient (Wildman–Crippen LogP) is 5.36. The van der Waals surface area contributed by atoms with Crippen molar-refractivity contribution in [3.05, 3.63) is 66.8 Å². The van der Waals surface area contributed by atoms with Crippen molar-refractivity contribution < 1.29 is 4.39 Å². The number of hydrogen-bond donors (Lipinski definition) is 1. The van der Waals surface area contributed by atoms with Crippen LogP contribution in [0.4, 0.5) is 4.39 Å². The van der Waals surface area contributed by atoms with E-state index in [1.54, 1.807) is 6.07 Å². The minimum Gasteiger partial charge on any atom is -0.320 e. The lowest BCUT2D eigenvalue weighted by molar-refractivity contribution is 0.624. The molecule has 2 rings (SSSR count). The third-order valence-electron chi connectivity index (χ3n) is 2.92. The molecule has 0 spiro atoms. The van der Waals surface area contributed by atoms with Crippen molar-refractivity contribution in [1.29, 1.82) is 0 Å². The number of nitrogens with two attached hydrogens (primary N) is 1. The number of rotatable bonds is 2. The normalized spacial score (nSPS) is 12.5. The van der Waals surface area contributed by atoms with Crippen molar-refractivity contribution in [3.63, 3.8) is 0 Å². The van der Waals surface area contributed by atoms with Crippen LogP contribution in [0.1, 0.15) is 22.7 Å². The molecule has 2 aromatic carbocycles. The summed E-state index contributed by atoms with van der Waals surface area (Å²) in [5.74, 6) is -0.461. The average molecular weight is 408 g/mol. The van der Waals surface area contributed by atoms with Crippen LogP contribution in [-0.2, 0) is 0 Å². The van der Waals surface area contributed by atoms with Crippen LogP contribution in [0.2, 0.25) is 5.02 Å². The van der Waals surface area contributed by atoms with E-state index in [2.05, 4.69) is 31.9 Å². The van der Waals surface area contributed by atoms with Gasteiger partial charge >= 0.3 is 0 Å². The summed E-state index contributed by atoms with van der Waals surface area (Å²) in [6.07, 6.45) is 0. The summed E-state index contributed by atoms with van der Waals surface area (Å²) in [4.78, 5) is 0. The molecular formula is C14H11Br2ClFN. The summed E-state index contributed by atoms with van der Waals surface area (Å²) in [5, 5.41) is 0.0973. The molecule has 0 amide bonds. The highest BCUT2D eigenvalue weighted by atomic mass is 79.9. The molecule has 0 radical (unpaired) electrons. The third kappa shape index (κ3) is 3.19. The lowest BCUT2D eigenvalue weighted by atomic mass is 9.98. The van der Waals surface area contributed by atoms with E-state index in [1.807, 2.05) is 19.1 Å². The Labute approximate surface area is 133 Å². The van der Waals surface area contributed by atoms with Gasteiger partial charge in [0.2, 0.25) is 0 Å². The summed E-state index contributed by atoms with van der Waals surface area (Å²) >= 11 is 12.6. The van der Waals surface area contributed by atoms with Crippen LogP contribution in [0, 0.1) is 12.7 Å². The quantitative estimate of drug-likeness (QED) is 0.713. The molecule has 0 aromatic heterocycles. The Kier molecular flexibility index (Phi) is 4.66. The summed E-state index contributed by atoms with van der Waals surface area (Å²) in [7, 11) is 0. The van der Waals surface area contributed by atoms with Gasteiger partial charge in [0.1, 0.15) is 5.82 Å². The van der Waals surface area contributed by atoms with Gasteiger partial charge in [-0.25, -0.2) is 4.39 Å². The van der Waals surface area contributed by atoms with Gasteiger partial charge in [-0.05, 0) is 47.9 Å². The van der Waals surface area contributed by atoms with E-state index in [0.29, 0.717) is 5.56 Å². The van der Waals surface area contributed by atoms with Gasteiger partial charge in [-0.15, -0.1) is 0 Å². The van der Waals surface area contributed by atoms with E-state index < -0.39 is 11.9 Å². The number of hydrogen-bond acceptors (Lipinski definition) is 1. The van der Waals surface area contributed by atoms with Gasteiger partial charge < -0.3 is 5.73 Å². The average Bonchev–Trinajstić information content (AvgIpc) is 2.36. The second-order valence-electron chi connectivity index (χ2n) is 4.27. The molecule has 1 unspecified atom stereocenters. The molecule has 0 aliphatic rings. The molecule has 2 aromatic rings. The number of benzene rings is 2. The minimum atomic E-state index is -0.461. The second-order valence-corrected chi connectivity index (χ2v) is 6.39. The molecule has 19 heavy (non-hydrogen) atoms. The molecule has 0 aliphatic carbocycles. The molecule has 5 heteroatoms. The standard InChI is InChI=1S/C14H11Br2ClFN/c1-7-4-11(16)9(6-10(7)15)14(19)8-2-3-12(17)13(18)5-8/h2-6,14H,19H2,1H3. The van der Waals surface area contributed by atoms with Crippen molar-refractivity contribution in [2.45, 2.75) is 13.0 Å². The third-order valence-corrected chi connectivity index (χ3v) is 4.76. The molecule has 2 N–H and O–H groups in total. The molecule has 0 saturated heterocycles. The lowest BCUT2D eigenvalue weighted by Crippen LogP contribution is -2.13. The Morgan fingerprint density at radius 3 is 2.47 bits per heavy atom. The van der Waals surface area contributed by atoms with Gasteiger partial charge in [-0.1, -0.05) is 49.5 Å². The minimum absolute atomic E-state index is 0.0973. The van der Waals surface area contributed by atoms with Crippen LogP contribution in [0.25, 0.3) is 0 Å². The van der Waals surface area contributed by atoms with Gasteiger partial charge in [-0.2, -0.15) is 0 Å². The second kappa shape index (κ2) is 5.92. The zero-order chi connectivity index (χ0) is 14.2. The molecule has 0 heterocycles. The van der Waals surface area contributed by atoms with Crippen LogP contribution < -0.4 is 5.73 Å². The number of aryl methyl sites for hydroxylation is 1. The highest BCUT2D eigenvalue weighted by Crippen LogP contribution is 2.32. The summed E-state index contributed by atoms with van der Waals surface area (Å²) < 4.78 is 15.4. The fraction of sp³-hybridized carbons (Fsp3) is 0.143. The first-order valence-corrected chi connectivity index (χ1v) is 7.52. The maximum atomic E-state index is 13.5. The monoisotopic (exact) mass is 405 g/mol.